The third kappa shape index (κ3) is 3.73. The van der Waals surface area contributed by atoms with Crippen LogP contribution in [0.4, 0.5) is 4.39 Å². The Morgan fingerprint density at radius 2 is 1.93 bits per heavy atom. The number of halogens is 1. The van der Waals surface area contributed by atoms with Crippen molar-refractivity contribution in [1.82, 2.24) is 15.0 Å². The molecule has 148 valence electrons. The van der Waals surface area contributed by atoms with Gasteiger partial charge < -0.3 is 9.84 Å². The van der Waals surface area contributed by atoms with E-state index in [1.165, 1.54) is 12.1 Å². The fourth-order valence-electron chi connectivity index (χ4n) is 3.44. The maximum atomic E-state index is 13.4. The number of amides is 1. The number of hydrogen-bond donors (Lipinski definition) is 1. The molecular formula is C22H20FN3O2S. The van der Waals surface area contributed by atoms with Crippen molar-refractivity contribution in [2.75, 3.05) is 0 Å². The number of aryl methyl sites for hydroxylation is 2. The summed E-state index contributed by atoms with van der Waals surface area (Å²) in [6, 6.07) is 13.4. The first-order valence-electron chi connectivity index (χ1n) is 9.16. The molecule has 4 rings (SSSR count). The summed E-state index contributed by atoms with van der Waals surface area (Å²) in [6.07, 6.45) is 0. The molecule has 0 aliphatic carbocycles. The van der Waals surface area contributed by atoms with E-state index >= 15 is 0 Å². The summed E-state index contributed by atoms with van der Waals surface area (Å²) in [5.41, 5.74) is 3.04. The molecule has 1 aromatic carbocycles. The number of hydrogen-bond acceptors (Lipinski definition) is 4. The second-order valence-corrected chi connectivity index (χ2v) is 7.87. The Labute approximate surface area is 171 Å². The van der Waals surface area contributed by atoms with Gasteiger partial charge in [-0.05, 0) is 56.0 Å². The summed E-state index contributed by atoms with van der Waals surface area (Å²) in [7, 11) is 0. The maximum Gasteiger partial charge on any atom is 0.253 e. The SMILES string of the molecule is Cc1cc(-n2c(C)cc(C(=O)N[C@@H](c3ccc(F)cc3)c3cccs3)c2C)no1. The maximum absolute atomic E-state index is 13.4. The lowest BCUT2D eigenvalue weighted by atomic mass is 10.0. The van der Waals surface area contributed by atoms with Crippen LogP contribution in [0, 0.1) is 26.6 Å². The first kappa shape index (κ1) is 19.1. The molecule has 0 unspecified atom stereocenters. The van der Waals surface area contributed by atoms with Crippen LogP contribution in [-0.4, -0.2) is 15.6 Å². The number of nitrogens with one attached hydrogen (secondary N) is 1. The molecular weight excluding hydrogens is 389 g/mol. The quantitative estimate of drug-likeness (QED) is 0.498. The largest absolute Gasteiger partial charge is 0.360 e. The van der Waals surface area contributed by atoms with E-state index in [0.717, 1.165) is 21.8 Å². The molecule has 0 fully saturated rings. The monoisotopic (exact) mass is 409 g/mol. The molecule has 3 heterocycles. The normalized spacial score (nSPS) is 12.1. The van der Waals surface area contributed by atoms with Crippen LogP contribution in [0.1, 0.15) is 44.0 Å². The lowest BCUT2D eigenvalue weighted by molar-refractivity contribution is 0.0943. The van der Waals surface area contributed by atoms with Crippen molar-refractivity contribution in [3.8, 4) is 5.82 Å². The van der Waals surface area contributed by atoms with Crippen molar-refractivity contribution < 1.29 is 13.7 Å². The predicted molar refractivity (Wildman–Crippen MR) is 110 cm³/mol. The van der Waals surface area contributed by atoms with Crippen molar-refractivity contribution in [3.05, 3.63) is 92.9 Å². The number of nitrogens with zero attached hydrogens (tertiary/aromatic N) is 2. The van der Waals surface area contributed by atoms with Crippen LogP contribution in [0.15, 0.2) is 58.4 Å². The molecule has 29 heavy (non-hydrogen) atoms. The van der Waals surface area contributed by atoms with Crippen LogP contribution in [-0.2, 0) is 0 Å². The van der Waals surface area contributed by atoms with Crippen molar-refractivity contribution in [3.63, 3.8) is 0 Å². The van der Waals surface area contributed by atoms with Gasteiger partial charge in [0.25, 0.3) is 5.91 Å². The molecule has 1 N–H and O–H groups in total. The zero-order valence-electron chi connectivity index (χ0n) is 16.3. The molecule has 1 atom stereocenters. The topological polar surface area (TPSA) is 60.1 Å². The third-order valence-corrected chi connectivity index (χ3v) is 5.76. The van der Waals surface area contributed by atoms with Gasteiger partial charge in [-0.25, -0.2) is 4.39 Å². The number of carbonyl (C=O) groups excluding carboxylic acids is 1. The average Bonchev–Trinajstić information content (AvgIpc) is 3.42. The Kier molecular flexibility index (Phi) is 5.07. The van der Waals surface area contributed by atoms with Gasteiger partial charge in [-0.1, -0.05) is 23.4 Å². The van der Waals surface area contributed by atoms with Crippen molar-refractivity contribution in [2.24, 2.45) is 0 Å². The smallest absolute Gasteiger partial charge is 0.253 e. The summed E-state index contributed by atoms with van der Waals surface area (Å²) in [5, 5.41) is 9.12. The minimum atomic E-state index is -0.361. The Bertz CT molecular complexity index is 1140. The first-order chi connectivity index (χ1) is 13.9. The molecule has 0 spiro atoms. The highest BCUT2D eigenvalue weighted by molar-refractivity contribution is 7.10. The Morgan fingerprint density at radius 1 is 1.17 bits per heavy atom. The molecule has 7 heteroatoms. The number of carbonyl (C=O) groups is 1. The third-order valence-electron chi connectivity index (χ3n) is 4.83. The molecule has 0 saturated carbocycles. The van der Waals surface area contributed by atoms with E-state index in [0.29, 0.717) is 17.1 Å². The van der Waals surface area contributed by atoms with E-state index in [2.05, 4.69) is 10.5 Å². The van der Waals surface area contributed by atoms with E-state index in [4.69, 9.17) is 4.52 Å². The molecule has 1 amide bonds. The average molecular weight is 409 g/mol. The molecule has 0 bridgehead atoms. The Morgan fingerprint density at radius 3 is 2.55 bits per heavy atom. The van der Waals surface area contributed by atoms with E-state index in [1.807, 2.05) is 55.0 Å². The van der Waals surface area contributed by atoms with Gasteiger partial charge in [0.05, 0.1) is 11.6 Å². The fraction of sp³-hybridized carbons (Fsp3) is 0.182. The minimum absolute atomic E-state index is 0.202. The number of aromatic nitrogens is 2. The van der Waals surface area contributed by atoms with Gasteiger partial charge in [-0.3, -0.25) is 9.36 Å². The minimum Gasteiger partial charge on any atom is -0.360 e. The molecule has 3 aromatic heterocycles. The van der Waals surface area contributed by atoms with Crippen LogP contribution < -0.4 is 5.32 Å². The molecule has 5 nitrogen and oxygen atoms in total. The highest BCUT2D eigenvalue weighted by Gasteiger charge is 2.23. The van der Waals surface area contributed by atoms with E-state index in [9.17, 15) is 9.18 Å². The van der Waals surface area contributed by atoms with Crippen molar-refractivity contribution in [1.29, 1.82) is 0 Å². The van der Waals surface area contributed by atoms with Crippen LogP contribution in [0.5, 0.6) is 0 Å². The molecule has 0 saturated heterocycles. The van der Waals surface area contributed by atoms with Crippen LogP contribution in [0.25, 0.3) is 5.82 Å². The van der Waals surface area contributed by atoms with Crippen molar-refractivity contribution in [2.45, 2.75) is 26.8 Å². The highest BCUT2D eigenvalue weighted by atomic mass is 32.1. The zero-order valence-corrected chi connectivity index (χ0v) is 17.1. The van der Waals surface area contributed by atoms with Crippen LogP contribution >= 0.6 is 11.3 Å². The highest BCUT2D eigenvalue weighted by Crippen LogP contribution is 2.28. The summed E-state index contributed by atoms with van der Waals surface area (Å²) in [4.78, 5) is 14.2. The summed E-state index contributed by atoms with van der Waals surface area (Å²) in [6.45, 7) is 5.63. The predicted octanol–water partition coefficient (Wildman–Crippen LogP) is 5.11. The fourth-order valence-corrected chi connectivity index (χ4v) is 4.24. The number of rotatable bonds is 5. The van der Waals surface area contributed by atoms with Gasteiger partial charge in [0, 0.05) is 22.3 Å². The second kappa shape index (κ2) is 7.67. The molecule has 4 aromatic rings. The van der Waals surface area contributed by atoms with Gasteiger partial charge in [-0.15, -0.1) is 11.3 Å². The standard InChI is InChI=1S/C22H20FN3O2S/c1-13-11-18(15(3)26(13)20-12-14(2)28-25-20)22(27)24-21(19-5-4-10-29-19)16-6-8-17(23)9-7-16/h4-12,21H,1-3H3,(H,24,27)/t21-/m0/s1. The summed E-state index contributed by atoms with van der Waals surface area (Å²) >= 11 is 1.54. The second-order valence-electron chi connectivity index (χ2n) is 6.89. The summed E-state index contributed by atoms with van der Waals surface area (Å²) in [5.74, 6) is 0.834. The number of thiophene rings is 1. The van der Waals surface area contributed by atoms with Crippen LogP contribution in [0.2, 0.25) is 0 Å². The Hall–Kier alpha value is -3.19. The molecule has 0 radical (unpaired) electrons. The first-order valence-corrected chi connectivity index (χ1v) is 10.0. The van der Waals surface area contributed by atoms with E-state index in [1.54, 1.807) is 23.5 Å². The zero-order chi connectivity index (χ0) is 20.5. The lowest BCUT2D eigenvalue weighted by Gasteiger charge is -2.18. The van der Waals surface area contributed by atoms with Gasteiger partial charge in [0.15, 0.2) is 5.82 Å². The van der Waals surface area contributed by atoms with Gasteiger partial charge in [0.2, 0.25) is 0 Å². The van der Waals surface area contributed by atoms with Gasteiger partial charge in [0.1, 0.15) is 11.6 Å². The van der Waals surface area contributed by atoms with E-state index < -0.39 is 0 Å². The number of benzene rings is 1. The molecule has 0 aliphatic rings. The Balaban J connectivity index is 1.67. The van der Waals surface area contributed by atoms with Crippen molar-refractivity contribution >= 4 is 17.2 Å². The van der Waals surface area contributed by atoms with Crippen LogP contribution in [0.3, 0.4) is 0 Å². The van der Waals surface area contributed by atoms with Gasteiger partial charge >= 0.3 is 0 Å². The summed E-state index contributed by atoms with van der Waals surface area (Å²) < 4.78 is 20.5. The van der Waals surface area contributed by atoms with Gasteiger partial charge in [-0.2, -0.15) is 0 Å². The lowest BCUT2D eigenvalue weighted by Crippen LogP contribution is -2.29. The molecule has 0 aliphatic heterocycles. The van der Waals surface area contributed by atoms with E-state index in [-0.39, 0.29) is 17.8 Å².